The molecule has 0 N–H and O–H groups in total. The first kappa shape index (κ1) is 17.6. The first-order chi connectivity index (χ1) is 12.4. The lowest BCUT2D eigenvalue weighted by molar-refractivity contribution is 0.0981. The second-order valence-electron chi connectivity index (χ2n) is 6.76. The van der Waals surface area contributed by atoms with Crippen molar-refractivity contribution in [1.29, 1.82) is 0 Å². The van der Waals surface area contributed by atoms with E-state index in [1.165, 1.54) is 16.6 Å². The van der Waals surface area contributed by atoms with Crippen molar-refractivity contribution < 1.29 is 13.2 Å². The highest BCUT2D eigenvalue weighted by Crippen LogP contribution is 2.32. The normalized spacial score (nSPS) is 17.7. The number of carbonyl (C=O) groups is 1. The molecule has 2 aliphatic heterocycles. The minimum Gasteiger partial charge on any atom is -0.345 e. The topological polar surface area (TPSA) is 62.6 Å². The number of aryl methyl sites for hydroxylation is 1. The van der Waals surface area contributed by atoms with E-state index in [-0.39, 0.29) is 10.8 Å². The Hall–Kier alpha value is -1.83. The van der Waals surface area contributed by atoms with Gasteiger partial charge < -0.3 is 9.47 Å². The minimum atomic E-state index is -3.54. The predicted octanol–water partition coefficient (Wildman–Crippen LogP) is 2.67. The molecule has 8 heteroatoms. The molecular formula is C18H20ClN3O3S. The number of anilines is 1. The van der Waals surface area contributed by atoms with Gasteiger partial charge in [-0.2, -0.15) is 4.31 Å². The van der Waals surface area contributed by atoms with E-state index in [2.05, 4.69) is 0 Å². The quantitative estimate of drug-likeness (QED) is 0.805. The molecule has 1 amide bonds. The third-order valence-electron chi connectivity index (χ3n) is 5.09. The highest BCUT2D eigenvalue weighted by atomic mass is 35.5. The zero-order valence-corrected chi connectivity index (χ0v) is 16.1. The first-order valence-corrected chi connectivity index (χ1v) is 10.5. The molecule has 1 aromatic carbocycles. The molecule has 0 spiro atoms. The van der Waals surface area contributed by atoms with Crippen molar-refractivity contribution in [2.75, 3.05) is 24.5 Å². The summed E-state index contributed by atoms with van der Waals surface area (Å²) in [7, 11) is -1.84. The molecule has 138 valence electrons. The summed E-state index contributed by atoms with van der Waals surface area (Å²) in [6, 6.07) is 7.02. The lowest BCUT2D eigenvalue weighted by atomic mass is 10.2. The second-order valence-corrected chi connectivity index (χ2v) is 9.14. The number of fused-ring (bicyclic) bond motifs is 1. The number of nitrogens with zero attached hydrogens (tertiary/aromatic N) is 3. The molecule has 4 rings (SSSR count). The van der Waals surface area contributed by atoms with E-state index in [1.54, 1.807) is 22.6 Å². The smallest absolute Gasteiger partial charge is 0.274 e. The Bertz CT molecular complexity index is 978. The van der Waals surface area contributed by atoms with Crippen LogP contribution in [0.15, 0.2) is 35.4 Å². The molecule has 2 aromatic rings. The molecule has 26 heavy (non-hydrogen) atoms. The third-order valence-corrected chi connectivity index (χ3v) is 7.19. The Labute approximate surface area is 158 Å². The van der Waals surface area contributed by atoms with Crippen LogP contribution in [0.5, 0.6) is 0 Å². The number of halogens is 1. The molecular weight excluding hydrogens is 374 g/mol. The van der Waals surface area contributed by atoms with E-state index >= 15 is 0 Å². The van der Waals surface area contributed by atoms with Gasteiger partial charge in [-0.1, -0.05) is 17.7 Å². The van der Waals surface area contributed by atoms with Gasteiger partial charge in [0.05, 0.1) is 0 Å². The largest absolute Gasteiger partial charge is 0.345 e. The predicted molar refractivity (Wildman–Crippen MR) is 100 cm³/mol. The van der Waals surface area contributed by atoms with E-state index < -0.39 is 10.0 Å². The standard InChI is InChI=1S/C18H20ClN3O3S/c1-20-12-15(26(24,25)21-7-2-3-8-21)11-17(20)18(23)22-9-6-13-4-5-14(19)10-16(13)22/h4-5,10-12H,2-3,6-9H2,1H3. The number of carbonyl (C=O) groups excluding carboxylic acids is 1. The summed E-state index contributed by atoms with van der Waals surface area (Å²) in [5.74, 6) is -0.212. The average Bonchev–Trinajstić information content (AvgIpc) is 3.33. The number of aromatic nitrogens is 1. The molecule has 3 heterocycles. The van der Waals surface area contributed by atoms with Crippen molar-refractivity contribution in [2.45, 2.75) is 24.2 Å². The SMILES string of the molecule is Cn1cc(S(=O)(=O)N2CCCC2)cc1C(=O)N1CCc2ccc(Cl)cc21. The van der Waals surface area contributed by atoms with Crippen LogP contribution < -0.4 is 4.90 Å². The Kier molecular flexibility index (Phi) is 4.33. The molecule has 0 bridgehead atoms. The molecule has 6 nitrogen and oxygen atoms in total. The highest BCUT2D eigenvalue weighted by molar-refractivity contribution is 7.89. The van der Waals surface area contributed by atoms with Crippen LogP contribution in [-0.4, -0.2) is 42.8 Å². The van der Waals surface area contributed by atoms with Gasteiger partial charge in [0.25, 0.3) is 5.91 Å². The fourth-order valence-electron chi connectivity index (χ4n) is 3.67. The molecule has 0 unspecified atom stereocenters. The maximum Gasteiger partial charge on any atom is 0.274 e. The van der Waals surface area contributed by atoms with E-state index in [0.29, 0.717) is 30.4 Å². The summed E-state index contributed by atoms with van der Waals surface area (Å²) in [5, 5.41) is 0.577. The maximum absolute atomic E-state index is 13.1. The number of hydrogen-bond acceptors (Lipinski definition) is 3. The molecule has 1 fully saturated rings. The molecule has 0 atom stereocenters. The summed E-state index contributed by atoms with van der Waals surface area (Å²) in [4.78, 5) is 14.9. The van der Waals surface area contributed by atoms with Crippen LogP contribution in [0.3, 0.4) is 0 Å². The van der Waals surface area contributed by atoms with Gasteiger partial charge in [-0.15, -0.1) is 0 Å². The lowest BCUT2D eigenvalue weighted by Crippen LogP contribution is -2.30. The van der Waals surface area contributed by atoms with Gasteiger partial charge in [-0.25, -0.2) is 8.42 Å². The van der Waals surface area contributed by atoms with Crippen LogP contribution in [0.2, 0.25) is 5.02 Å². The molecule has 0 radical (unpaired) electrons. The monoisotopic (exact) mass is 393 g/mol. The van der Waals surface area contributed by atoms with Gasteiger partial charge in [0.1, 0.15) is 10.6 Å². The fraction of sp³-hybridized carbons (Fsp3) is 0.389. The number of hydrogen-bond donors (Lipinski definition) is 0. The van der Waals surface area contributed by atoms with Crippen LogP contribution in [0.4, 0.5) is 5.69 Å². The Morgan fingerprint density at radius 2 is 1.85 bits per heavy atom. The molecule has 1 saturated heterocycles. The van der Waals surface area contributed by atoms with Crippen LogP contribution in [-0.2, 0) is 23.5 Å². The van der Waals surface area contributed by atoms with Crippen LogP contribution >= 0.6 is 11.6 Å². The Balaban J connectivity index is 1.67. The minimum absolute atomic E-state index is 0.177. The van der Waals surface area contributed by atoms with Crippen molar-refractivity contribution in [3.63, 3.8) is 0 Å². The highest BCUT2D eigenvalue weighted by Gasteiger charge is 2.32. The summed E-state index contributed by atoms with van der Waals surface area (Å²) >= 11 is 6.08. The molecule has 1 aromatic heterocycles. The van der Waals surface area contributed by atoms with Crippen molar-refractivity contribution in [3.8, 4) is 0 Å². The van der Waals surface area contributed by atoms with E-state index in [1.807, 2.05) is 12.1 Å². The number of amides is 1. The van der Waals surface area contributed by atoms with Gasteiger partial charge in [-0.3, -0.25) is 4.79 Å². The van der Waals surface area contributed by atoms with Gasteiger partial charge >= 0.3 is 0 Å². The van der Waals surface area contributed by atoms with Crippen molar-refractivity contribution in [3.05, 3.63) is 46.7 Å². The molecule has 2 aliphatic rings. The maximum atomic E-state index is 13.1. The molecule has 0 saturated carbocycles. The Morgan fingerprint density at radius 1 is 1.12 bits per heavy atom. The Morgan fingerprint density at radius 3 is 2.58 bits per heavy atom. The van der Waals surface area contributed by atoms with Crippen LogP contribution in [0.25, 0.3) is 0 Å². The van der Waals surface area contributed by atoms with Crippen LogP contribution in [0, 0.1) is 0 Å². The number of rotatable bonds is 3. The van der Waals surface area contributed by atoms with Gasteiger partial charge in [0.15, 0.2) is 0 Å². The third kappa shape index (κ3) is 2.84. The second kappa shape index (κ2) is 6.40. The number of benzene rings is 1. The number of sulfonamides is 1. The van der Waals surface area contributed by atoms with Crippen molar-refractivity contribution >= 4 is 33.2 Å². The average molecular weight is 394 g/mol. The first-order valence-electron chi connectivity index (χ1n) is 8.65. The zero-order valence-electron chi connectivity index (χ0n) is 14.5. The van der Waals surface area contributed by atoms with Crippen molar-refractivity contribution in [1.82, 2.24) is 8.87 Å². The zero-order chi connectivity index (χ0) is 18.5. The van der Waals surface area contributed by atoms with Gasteiger partial charge in [0.2, 0.25) is 10.0 Å². The summed E-state index contributed by atoms with van der Waals surface area (Å²) in [6.45, 7) is 1.64. The van der Waals surface area contributed by atoms with Gasteiger partial charge in [-0.05, 0) is 43.0 Å². The van der Waals surface area contributed by atoms with Crippen molar-refractivity contribution in [2.24, 2.45) is 7.05 Å². The van der Waals surface area contributed by atoms with E-state index in [4.69, 9.17) is 11.6 Å². The van der Waals surface area contributed by atoms with E-state index in [9.17, 15) is 13.2 Å². The fourth-order valence-corrected chi connectivity index (χ4v) is 5.42. The van der Waals surface area contributed by atoms with E-state index in [0.717, 1.165) is 30.5 Å². The lowest BCUT2D eigenvalue weighted by Gasteiger charge is -2.17. The molecule has 0 aliphatic carbocycles. The summed E-state index contributed by atoms with van der Waals surface area (Å²) < 4.78 is 28.6. The van der Waals surface area contributed by atoms with Gasteiger partial charge in [0, 0.05) is 43.6 Å². The van der Waals surface area contributed by atoms with Crippen LogP contribution in [0.1, 0.15) is 28.9 Å². The summed E-state index contributed by atoms with van der Waals surface area (Å²) in [5.41, 5.74) is 2.23. The summed E-state index contributed by atoms with van der Waals surface area (Å²) in [6.07, 6.45) is 4.05.